The number of rotatable bonds is 67. The van der Waals surface area contributed by atoms with Gasteiger partial charge in [-0.25, -0.2) is 0 Å². The van der Waals surface area contributed by atoms with E-state index in [9.17, 15) is 45.6 Å². The Morgan fingerprint density at radius 2 is 0.633 bits per heavy atom. The van der Waals surface area contributed by atoms with Crippen LogP contribution in [0.5, 0.6) is 0 Å². The number of amides is 1. The van der Waals surface area contributed by atoms with Crippen LogP contribution in [0, 0.1) is 0 Å². The fraction of sp³-hybridized carbons (Fsp3) is 0.987. The Balaban J connectivity index is 1.61. The molecule has 536 valence electrons. The fourth-order valence-corrected chi connectivity index (χ4v) is 13.6. The topological polar surface area (TPSA) is 228 Å². The summed E-state index contributed by atoms with van der Waals surface area (Å²) < 4.78 is 23.0. The average molecular weight is 1290 g/mol. The quantitative estimate of drug-likeness (QED) is 0.0259. The molecular formula is C76H149NO13. The van der Waals surface area contributed by atoms with Crippen molar-refractivity contribution in [2.24, 2.45) is 0 Å². The van der Waals surface area contributed by atoms with Gasteiger partial charge in [0, 0.05) is 6.42 Å². The summed E-state index contributed by atoms with van der Waals surface area (Å²) in [6.07, 6.45) is 58.5. The van der Waals surface area contributed by atoms with Crippen molar-refractivity contribution < 1.29 is 64.6 Å². The van der Waals surface area contributed by atoms with Gasteiger partial charge in [-0.1, -0.05) is 367 Å². The highest BCUT2D eigenvalue weighted by molar-refractivity contribution is 5.76. The molecule has 14 nitrogen and oxygen atoms in total. The van der Waals surface area contributed by atoms with Gasteiger partial charge in [-0.3, -0.25) is 4.79 Å². The van der Waals surface area contributed by atoms with E-state index in [1.165, 1.54) is 308 Å². The Hall–Kier alpha value is -1.01. The third-order valence-electron chi connectivity index (χ3n) is 19.8. The van der Waals surface area contributed by atoms with Crippen LogP contribution in [-0.2, 0) is 23.7 Å². The summed E-state index contributed by atoms with van der Waals surface area (Å²) in [5, 5.41) is 87.8. The minimum Gasteiger partial charge on any atom is -0.394 e. The summed E-state index contributed by atoms with van der Waals surface area (Å²) in [6, 6.07) is -0.825. The predicted molar refractivity (Wildman–Crippen MR) is 369 cm³/mol. The third-order valence-corrected chi connectivity index (χ3v) is 19.8. The number of ether oxygens (including phenoxy) is 4. The maximum absolute atomic E-state index is 13.4. The molecule has 2 rings (SSSR count). The number of hydrogen-bond donors (Lipinski definition) is 9. The minimum atomic E-state index is -1.78. The van der Waals surface area contributed by atoms with Gasteiger partial charge < -0.3 is 65.1 Å². The highest BCUT2D eigenvalue weighted by Gasteiger charge is 2.51. The van der Waals surface area contributed by atoms with Crippen LogP contribution in [0.2, 0.25) is 0 Å². The van der Waals surface area contributed by atoms with E-state index in [2.05, 4.69) is 19.2 Å². The molecule has 0 aliphatic carbocycles. The Bertz CT molecular complexity index is 1510. The smallest absolute Gasteiger partial charge is 0.220 e. The number of unbranched alkanes of at least 4 members (excludes halogenated alkanes) is 54. The van der Waals surface area contributed by atoms with Crippen molar-refractivity contribution in [3.63, 3.8) is 0 Å². The van der Waals surface area contributed by atoms with Gasteiger partial charge in [0.2, 0.25) is 5.91 Å². The molecule has 1 amide bonds. The van der Waals surface area contributed by atoms with Crippen molar-refractivity contribution in [1.29, 1.82) is 0 Å². The first kappa shape index (κ1) is 85.1. The van der Waals surface area contributed by atoms with E-state index in [1.54, 1.807) is 0 Å². The number of aliphatic hydroxyl groups is 8. The first-order valence-electron chi connectivity index (χ1n) is 39.3. The van der Waals surface area contributed by atoms with Crippen LogP contribution in [0.1, 0.15) is 386 Å². The molecule has 0 aromatic rings. The summed E-state index contributed by atoms with van der Waals surface area (Å²) in [7, 11) is 0. The number of hydrogen-bond acceptors (Lipinski definition) is 13. The molecule has 0 aromatic heterocycles. The monoisotopic (exact) mass is 1280 g/mol. The molecule has 2 aliphatic rings. The van der Waals surface area contributed by atoms with Crippen LogP contribution in [0.4, 0.5) is 0 Å². The zero-order valence-corrected chi connectivity index (χ0v) is 58.7. The molecule has 0 bridgehead atoms. The van der Waals surface area contributed by atoms with Gasteiger partial charge in [0.1, 0.15) is 48.8 Å². The minimum absolute atomic E-state index is 0.195. The average Bonchev–Trinajstić information content (AvgIpc) is 1.20. The molecule has 2 aliphatic heterocycles. The van der Waals surface area contributed by atoms with Crippen LogP contribution in [0.25, 0.3) is 0 Å². The summed E-state index contributed by atoms with van der Waals surface area (Å²) in [6.45, 7) is 2.95. The van der Waals surface area contributed by atoms with E-state index in [-0.39, 0.29) is 12.5 Å². The normalized spacial score (nSPS) is 22.8. The standard InChI is InChI=1S/C76H149NO13/c1-3-5-7-9-11-13-15-17-19-21-23-25-27-29-31-32-34-35-37-39-41-43-45-47-49-51-53-55-57-59-65(80)64(63-87-75-73(86)71(84)74(67(62-79)89-75)90-76-72(85)70(83)69(82)66(61-78)88-76)77-68(81)60-58-56-54-52-50-48-46-44-42-40-38-36-33-30-28-26-24-22-20-18-16-14-12-10-8-6-4-2/h64-67,69-76,78-80,82-86H,3-63H2,1-2H3,(H,77,81). The maximum atomic E-state index is 13.4. The Morgan fingerprint density at radius 1 is 0.356 bits per heavy atom. The predicted octanol–water partition coefficient (Wildman–Crippen LogP) is 17.1. The molecule has 90 heavy (non-hydrogen) atoms. The molecule has 2 saturated heterocycles. The maximum Gasteiger partial charge on any atom is 0.220 e. The lowest BCUT2D eigenvalue weighted by Crippen LogP contribution is -2.65. The van der Waals surface area contributed by atoms with E-state index in [0.29, 0.717) is 12.8 Å². The van der Waals surface area contributed by atoms with Crippen LogP contribution < -0.4 is 5.32 Å². The summed E-state index contributed by atoms with van der Waals surface area (Å²) in [5.41, 5.74) is 0. The Kier molecular flexibility index (Phi) is 58.2. The van der Waals surface area contributed by atoms with Crippen LogP contribution in [0.3, 0.4) is 0 Å². The molecule has 0 spiro atoms. The van der Waals surface area contributed by atoms with Gasteiger partial charge in [0.05, 0.1) is 32.0 Å². The highest BCUT2D eigenvalue weighted by Crippen LogP contribution is 2.30. The van der Waals surface area contributed by atoms with Crippen LogP contribution in [0.15, 0.2) is 0 Å². The summed E-state index contributed by atoms with van der Waals surface area (Å²) >= 11 is 0. The van der Waals surface area contributed by atoms with Gasteiger partial charge in [-0.2, -0.15) is 0 Å². The molecule has 2 fully saturated rings. The molecule has 0 aromatic carbocycles. The van der Waals surface area contributed by atoms with E-state index in [0.717, 1.165) is 51.4 Å². The molecule has 9 N–H and O–H groups in total. The third kappa shape index (κ3) is 44.7. The zero-order valence-electron chi connectivity index (χ0n) is 58.7. The van der Waals surface area contributed by atoms with Crippen molar-refractivity contribution in [1.82, 2.24) is 5.32 Å². The first-order valence-corrected chi connectivity index (χ1v) is 39.3. The molecule has 12 atom stereocenters. The lowest BCUT2D eigenvalue weighted by Gasteiger charge is -2.46. The van der Waals surface area contributed by atoms with Gasteiger partial charge in [-0.05, 0) is 12.8 Å². The first-order chi connectivity index (χ1) is 44.1. The number of nitrogens with one attached hydrogen (secondary N) is 1. The van der Waals surface area contributed by atoms with Crippen molar-refractivity contribution in [2.45, 2.75) is 460 Å². The largest absolute Gasteiger partial charge is 0.394 e. The second-order valence-corrected chi connectivity index (χ2v) is 28.2. The van der Waals surface area contributed by atoms with E-state index < -0.39 is 86.8 Å². The van der Waals surface area contributed by atoms with Crippen molar-refractivity contribution in [3.8, 4) is 0 Å². The number of carbonyl (C=O) groups excluding carboxylic acids is 1. The van der Waals surface area contributed by atoms with Gasteiger partial charge >= 0.3 is 0 Å². The summed E-state index contributed by atoms with van der Waals surface area (Å²) in [4.78, 5) is 13.4. The lowest BCUT2D eigenvalue weighted by molar-refractivity contribution is -0.359. The van der Waals surface area contributed by atoms with Gasteiger partial charge in [0.15, 0.2) is 12.6 Å². The molecule has 14 heteroatoms. The van der Waals surface area contributed by atoms with Gasteiger partial charge in [-0.15, -0.1) is 0 Å². The van der Waals surface area contributed by atoms with Gasteiger partial charge in [0.25, 0.3) is 0 Å². The van der Waals surface area contributed by atoms with Crippen molar-refractivity contribution in [2.75, 3.05) is 19.8 Å². The molecule has 12 unspecified atom stereocenters. The van der Waals surface area contributed by atoms with E-state index in [1.807, 2.05) is 0 Å². The number of carbonyl (C=O) groups is 1. The van der Waals surface area contributed by atoms with Crippen LogP contribution in [-0.4, -0.2) is 140 Å². The Morgan fingerprint density at radius 3 is 0.944 bits per heavy atom. The molecule has 2 heterocycles. The van der Waals surface area contributed by atoms with E-state index >= 15 is 0 Å². The fourth-order valence-electron chi connectivity index (χ4n) is 13.6. The van der Waals surface area contributed by atoms with Crippen LogP contribution >= 0.6 is 0 Å². The second kappa shape index (κ2) is 61.6. The molecular weight excluding hydrogens is 1130 g/mol. The highest BCUT2D eigenvalue weighted by atomic mass is 16.7. The SMILES string of the molecule is CCCCCCCCCCCCCCCCCCCCCCCCCCCCCCCC(O)C(COC1OC(CO)C(OC2OC(CO)C(O)C(O)C2O)C(O)C1O)NC(=O)CCCCCCCCCCCCCCCCCCCCCCCCCCCCC. The summed E-state index contributed by atoms with van der Waals surface area (Å²) in [5.74, 6) is -0.195. The Labute approximate surface area is 553 Å². The molecule has 0 saturated carbocycles. The van der Waals surface area contributed by atoms with Crippen molar-refractivity contribution >= 4 is 5.91 Å². The lowest BCUT2D eigenvalue weighted by atomic mass is 9.97. The van der Waals surface area contributed by atoms with Crippen molar-refractivity contribution in [3.05, 3.63) is 0 Å². The zero-order chi connectivity index (χ0) is 65.2. The number of aliphatic hydroxyl groups excluding tert-OH is 8. The molecule has 0 radical (unpaired) electrons. The van der Waals surface area contributed by atoms with E-state index in [4.69, 9.17) is 18.9 Å². The second-order valence-electron chi connectivity index (χ2n) is 28.2.